The first-order chi connectivity index (χ1) is 22.1. The van der Waals surface area contributed by atoms with Crippen LogP contribution in [0, 0.1) is 5.92 Å². The van der Waals surface area contributed by atoms with Gasteiger partial charge in [-0.3, -0.25) is 9.59 Å². The van der Waals surface area contributed by atoms with E-state index >= 15 is 0 Å². The molecule has 0 bridgehead atoms. The Balaban J connectivity index is 1.11. The molecule has 3 aromatic carbocycles. The molecular formula is C37H45N3O5Si. The number of nitrogens with zero attached hydrogens (tertiary/aromatic N) is 3. The van der Waals surface area contributed by atoms with Gasteiger partial charge in [0.25, 0.3) is 0 Å². The second kappa shape index (κ2) is 13.6. The standard InChI is InChI=1S/C37H45N3O5Si/c1-25-33(19-15-26-13-16-30(17-14-26)40-35(42)20-18-32(38-40)27-9-5-4-6-10-27)45-34(37(25)46(2,3)44)22-36(43)39-23-29-12-8-7-11-28(29)21-31(39)24-41/h4-14,16-17,25,31,33-34,37,41,44H,15,18-24H2,1-3H3/t25-,31+,33+,34-,37+/m1/s1. The van der Waals surface area contributed by atoms with Gasteiger partial charge in [-0.1, -0.05) is 73.7 Å². The van der Waals surface area contributed by atoms with Crippen LogP contribution in [0.25, 0.3) is 0 Å². The van der Waals surface area contributed by atoms with Gasteiger partial charge in [0.05, 0.1) is 42.7 Å². The van der Waals surface area contributed by atoms with Crippen molar-refractivity contribution in [2.24, 2.45) is 11.0 Å². The topological polar surface area (TPSA) is 103 Å². The lowest BCUT2D eigenvalue weighted by atomic mass is 9.93. The van der Waals surface area contributed by atoms with Crippen molar-refractivity contribution in [1.82, 2.24) is 4.90 Å². The number of hydrazone groups is 1. The third-order valence-corrected chi connectivity index (χ3v) is 12.5. The Hall–Kier alpha value is -3.63. The van der Waals surface area contributed by atoms with Crippen molar-refractivity contribution in [3.8, 4) is 0 Å². The second-order valence-electron chi connectivity index (χ2n) is 13.6. The molecule has 3 aliphatic heterocycles. The molecule has 1 fully saturated rings. The zero-order valence-electron chi connectivity index (χ0n) is 27.0. The summed E-state index contributed by atoms with van der Waals surface area (Å²) in [6, 6.07) is 25.8. The number of hydrogen-bond acceptors (Lipinski definition) is 6. The first kappa shape index (κ1) is 32.3. The highest BCUT2D eigenvalue weighted by Gasteiger charge is 2.50. The Kier molecular flexibility index (Phi) is 9.56. The number of ether oxygens (including phenoxy) is 1. The van der Waals surface area contributed by atoms with Gasteiger partial charge < -0.3 is 19.5 Å². The molecule has 0 saturated carbocycles. The molecule has 46 heavy (non-hydrogen) atoms. The highest BCUT2D eigenvalue weighted by Crippen LogP contribution is 2.46. The fourth-order valence-electron chi connectivity index (χ4n) is 7.64. The summed E-state index contributed by atoms with van der Waals surface area (Å²) in [5.41, 5.74) is 6.04. The molecule has 0 aliphatic carbocycles. The lowest BCUT2D eigenvalue weighted by molar-refractivity contribution is -0.138. The largest absolute Gasteiger partial charge is 0.432 e. The molecule has 6 rings (SSSR count). The molecule has 1 saturated heterocycles. The molecule has 242 valence electrons. The van der Waals surface area contributed by atoms with Gasteiger partial charge in [-0.25, -0.2) is 5.01 Å². The number of carbonyl (C=O) groups excluding carboxylic acids is 2. The molecule has 9 heteroatoms. The van der Waals surface area contributed by atoms with Gasteiger partial charge in [-0.15, -0.1) is 0 Å². The van der Waals surface area contributed by atoms with E-state index < -0.39 is 8.32 Å². The first-order valence-corrected chi connectivity index (χ1v) is 19.5. The van der Waals surface area contributed by atoms with Gasteiger partial charge in [-0.2, -0.15) is 5.10 Å². The van der Waals surface area contributed by atoms with E-state index in [2.05, 4.69) is 18.1 Å². The summed E-state index contributed by atoms with van der Waals surface area (Å²) in [5.74, 6) is 0.0638. The van der Waals surface area contributed by atoms with E-state index in [-0.39, 0.29) is 54.6 Å². The maximum Gasteiger partial charge on any atom is 0.247 e. The van der Waals surface area contributed by atoms with E-state index in [1.54, 1.807) is 4.90 Å². The van der Waals surface area contributed by atoms with Crippen molar-refractivity contribution >= 4 is 31.5 Å². The van der Waals surface area contributed by atoms with Crippen molar-refractivity contribution in [1.29, 1.82) is 0 Å². The maximum absolute atomic E-state index is 13.7. The number of hydrogen-bond donors (Lipinski definition) is 2. The van der Waals surface area contributed by atoms with Gasteiger partial charge >= 0.3 is 0 Å². The molecule has 0 unspecified atom stereocenters. The maximum atomic E-state index is 13.7. The number of fused-ring (bicyclic) bond motifs is 1. The molecule has 0 radical (unpaired) electrons. The van der Waals surface area contributed by atoms with Crippen LogP contribution in [0.4, 0.5) is 5.69 Å². The molecule has 3 aromatic rings. The molecule has 0 spiro atoms. The molecule has 3 aliphatic rings. The quantitative estimate of drug-likeness (QED) is 0.303. The van der Waals surface area contributed by atoms with Gasteiger partial charge in [0.1, 0.15) is 0 Å². The summed E-state index contributed by atoms with van der Waals surface area (Å²) in [6.45, 7) is 6.43. The highest BCUT2D eigenvalue weighted by molar-refractivity contribution is 6.71. The smallest absolute Gasteiger partial charge is 0.247 e. The van der Waals surface area contributed by atoms with Crippen LogP contribution in [0.1, 0.15) is 54.9 Å². The molecule has 5 atom stereocenters. The predicted octanol–water partition coefficient (Wildman–Crippen LogP) is 5.46. The highest BCUT2D eigenvalue weighted by atomic mass is 28.4. The molecule has 0 aromatic heterocycles. The number of aliphatic hydroxyl groups excluding tert-OH is 1. The number of carbonyl (C=O) groups is 2. The zero-order chi connectivity index (χ0) is 32.4. The Bertz CT molecular complexity index is 1570. The normalized spacial score (nSPS) is 24.9. The van der Waals surface area contributed by atoms with E-state index in [9.17, 15) is 19.5 Å². The Morgan fingerprint density at radius 2 is 1.65 bits per heavy atom. The summed E-state index contributed by atoms with van der Waals surface area (Å²) >= 11 is 0. The summed E-state index contributed by atoms with van der Waals surface area (Å²) in [4.78, 5) is 39.6. The third-order valence-electron chi connectivity index (χ3n) is 10.0. The average Bonchev–Trinajstić information content (AvgIpc) is 3.38. The first-order valence-electron chi connectivity index (χ1n) is 16.5. The number of aryl methyl sites for hydroxylation is 1. The number of benzene rings is 3. The minimum atomic E-state index is -2.66. The molecule has 2 amide bonds. The molecular weight excluding hydrogens is 595 g/mol. The predicted molar refractivity (Wildman–Crippen MR) is 182 cm³/mol. The van der Waals surface area contributed by atoms with E-state index in [0.717, 1.165) is 40.9 Å². The summed E-state index contributed by atoms with van der Waals surface area (Å²) in [7, 11) is -2.66. The van der Waals surface area contributed by atoms with Crippen LogP contribution in [-0.4, -0.2) is 65.5 Å². The van der Waals surface area contributed by atoms with Gasteiger partial charge in [0.2, 0.25) is 11.8 Å². The van der Waals surface area contributed by atoms with Crippen molar-refractivity contribution < 1.29 is 24.2 Å². The summed E-state index contributed by atoms with van der Waals surface area (Å²) < 4.78 is 6.62. The minimum Gasteiger partial charge on any atom is -0.432 e. The van der Waals surface area contributed by atoms with Gasteiger partial charge in [0, 0.05) is 24.9 Å². The van der Waals surface area contributed by atoms with Crippen LogP contribution in [0.15, 0.2) is 84.0 Å². The van der Waals surface area contributed by atoms with Gasteiger partial charge in [0.15, 0.2) is 8.32 Å². The lowest BCUT2D eigenvalue weighted by Gasteiger charge is -2.37. The van der Waals surface area contributed by atoms with E-state index in [0.29, 0.717) is 25.8 Å². The Morgan fingerprint density at radius 1 is 0.957 bits per heavy atom. The van der Waals surface area contributed by atoms with Crippen LogP contribution in [0.5, 0.6) is 0 Å². The fourth-order valence-corrected chi connectivity index (χ4v) is 10.3. The van der Waals surface area contributed by atoms with Crippen LogP contribution < -0.4 is 5.01 Å². The number of rotatable bonds is 9. The number of aliphatic hydroxyl groups is 1. The van der Waals surface area contributed by atoms with Crippen LogP contribution in [0.2, 0.25) is 18.6 Å². The van der Waals surface area contributed by atoms with Crippen LogP contribution in [0.3, 0.4) is 0 Å². The average molecular weight is 640 g/mol. The van der Waals surface area contributed by atoms with E-state index in [1.807, 2.05) is 85.9 Å². The molecule has 8 nitrogen and oxygen atoms in total. The fraction of sp³-hybridized carbons (Fsp3) is 0.432. The number of amides is 2. The third kappa shape index (κ3) is 6.88. The van der Waals surface area contributed by atoms with Gasteiger partial charge in [-0.05, 0) is 72.7 Å². The minimum absolute atomic E-state index is 0.0119. The van der Waals surface area contributed by atoms with Crippen molar-refractivity contribution in [3.63, 3.8) is 0 Å². The van der Waals surface area contributed by atoms with Crippen molar-refractivity contribution in [2.75, 3.05) is 11.6 Å². The molecule has 2 N–H and O–H groups in total. The molecule has 3 heterocycles. The van der Waals surface area contributed by atoms with Crippen molar-refractivity contribution in [3.05, 3.63) is 101 Å². The number of anilines is 1. The van der Waals surface area contributed by atoms with Crippen LogP contribution >= 0.6 is 0 Å². The monoisotopic (exact) mass is 639 g/mol. The zero-order valence-corrected chi connectivity index (χ0v) is 28.0. The Labute approximate surface area is 272 Å². The SMILES string of the molecule is C[C@H]1[C@H]([Si](C)(C)O)[C@@H](CC(=O)N2Cc3ccccc3C[C@H]2CO)O[C@H]1CCc1ccc(N2N=C(c3ccccc3)CCC2=O)cc1. The Morgan fingerprint density at radius 3 is 2.35 bits per heavy atom. The van der Waals surface area contributed by atoms with Crippen molar-refractivity contribution in [2.45, 2.75) is 88.9 Å². The second-order valence-corrected chi connectivity index (χ2v) is 17.6. The van der Waals surface area contributed by atoms with Crippen LogP contribution in [-0.2, 0) is 33.7 Å². The van der Waals surface area contributed by atoms with E-state index in [1.165, 1.54) is 10.6 Å². The van der Waals surface area contributed by atoms with E-state index in [4.69, 9.17) is 4.74 Å². The summed E-state index contributed by atoms with van der Waals surface area (Å²) in [6.07, 6.45) is 2.99. The summed E-state index contributed by atoms with van der Waals surface area (Å²) in [5, 5.41) is 16.3. The lowest BCUT2D eigenvalue weighted by Crippen LogP contribution is -2.48.